The topological polar surface area (TPSA) is 192 Å². The normalized spacial score (nSPS) is 32.1. The summed E-state index contributed by atoms with van der Waals surface area (Å²) in [5.74, 6) is -1.67. The first-order chi connectivity index (χ1) is 18.1. The summed E-state index contributed by atoms with van der Waals surface area (Å²) in [6.07, 6.45) is 0.893. The molecule has 0 bridgehead atoms. The van der Waals surface area contributed by atoms with Crippen LogP contribution in [-0.2, 0) is 24.0 Å². The molecular weight excluding hydrogens is 536 g/mol. The van der Waals surface area contributed by atoms with Crippen molar-refractivity contribution in [2.45, 2.75) is 17.8 Å². The largest absolute Gasteiger partial charge is 0.543 e. The third-order valence-electron chi connectivity index (χ3n) is 7.69. The fourth-order valence-corrected chi connectivity index (χ4v) is 7.69. The minimum atomic E-state index is -1.43. The third kappa shape index (κ3) is 4.49. The maximum atomic E-state index is 13.1. The van der Waals surface area contributed by atoms with Gasteiger partial charge in [-0.3, -0.25) is 19.3 Å². The number of likely N-dealkylation sites (N-methyl/N-ethyl adjacent to an activating group) is 1. The van der Waals surface area contributed by atoms with Crippen LogP contribution in [0.15, 0.2) is 16.4 Å². The van der Waals surface area contributed by atoms with Crippen LogP contribution in [0.25, 0.3) is 0 Å². The number of thioether (sulfide) groups is 1. The number of fused-ring (bicyclic) bond motifs is 2. The van der Waals surface area contributed by atoms with Gasteiger partial charge in [0.05, 0.1) is 31.8 Å². The number of carbonyl (C=O) groups is 4. The molecule has 6 atom stereocenters. The van der Waals surface area contributed by atoms with Crippen molar-refractivity contribution in [3.05, 3.63) is 17.1 Å². The van der Waals surface area contributed by atoms with E-state index in [1.165, 1.54) is 23.8 Å². The number of amides is 3. The van der Waals surface area contributed by atoms with Crippen LogP contribution in [0, 0.1) is 17.8 Å². The number of β-lactam (4-membered cyclic amide) rings is 1. The molecule has 3 amide bonds. The van der Waals surface area contributed by atoms with E-state index in [0.717, 1.165) is 31.0 Å². The number of quaternary nitrogens is 1. The number of nitrogens with two attached hydrogens (primary N) is 1. The van der Waals surface area contributed by atoms with Crippen LogP contribution in [0.2, 0.25) is 0 Å². The van der Waals surface area contributed by atoms with E-state index < -0.39 is 29.2 Å². The maximum absolute atomic E-state index is 13.1. The maximum Gasteiger partial charge on any atom is 0.278 e. The second-order valence-corrected chi connectivity index (χ2v) is 12.0. The third-order valence-corrected chi connectivity index (χ3v) is 9.57. The van der Waals surface area contributed by atoms with Crippen LogP contribution in [-0.4, -0.2) is 106 Å². The van der Waals surface area contributed by atoms with E-state index in [2.05, 4.69) is 32.2 Å². The summed E-state index contributed by atoms with van der Waals surface area (Å²) < 4.78 is 4.55. The van der Waals surface area contributed by atoms with E-state index in [1.807, 2.05) is 0 Å². The average Bonchev–Trinajstić information content (AvgIpc) is 3.42. The molecule has 1 aliphatic carbocycles. The van der Waals surface area contributed by atoms with E-state index in [4.69, 9.17) is 10.6 Å². The number of aromatic nitrogens is 2. The zero-order valence-electron chi connectivity index (χ0n) is 21.0. The molecule has 4 aliphatic rings. The van der Waals surface area contributed by atoms with Crippen molar-refractivity contribution >= 4 is 57.8 Å². The summed E-state index contributed by atoms with van der Waals surface area (Å²) in [4.78, 5) is 60.2. The zero-order valence-corrected chi connectivity index (χ0v) is 22.6. The Morgan fingerprint density at radius 2 is 2.11 bits per heavy atom. The SMILES string of the molecule is CNC(=O)C1C2CC[N+](C)(CC3=C(C(=O)[O-])N4C(=O)[C@@H](NC(=O)/C(=N\OC)c5nsc(N)n5)[C@@H]4SC3)CC21. The molecule has 14 nitrogen and oxygen atoms in total. The van der Waals surface area contributed by atoms with Crippen LogP contribution in [0.4, 0.5) is 5.13 Å². The van der Waals surface area contributed by atoms with Gasteiger partial charge in [0.25, 0.3) is 11.8 Å². The number of nitrogen functional groups attached to an aromatic ring is 1. The molecule has 0 radical (unpaired) electrons. The molecule has 4 unspecified atom stereocenters. The summed E-state index contributed by atoms with van der Waals surface area (Å²) in [6, 6.07) is -0.971. The lowest BCUT2D eigenvalue weighted by Gasteiger charge is -2.51. The lowest BCUT2D eigenvalue weighted by Crippen LogP contribution is -2.72. The van der Waals surface area contributed by atoms with Crippen molar-refractivity contribution in [3.8, 4) is 0 Å². The Morgan fingerprint density at radius 1 is 1.34 bits per heavy atom. The lowest BCUT2D eigenvalue weighted by molar-refractivity contribution is -0.910. The molecule has 204 valence electrons. The van der Waals surface area contributed by atoms with Gasteiger partial charge in [0, 0.05) is 48.2 Å². The van der Waals surface area contributed by atoms with Crippen molar-refractivity contribution in [3.63, 3.8) is 0 Å². The Morgan fingerprint density at radius 3 is 2.74 bits per heavy atom. The number of likely N-dealkylation sites (tertiary alicyclic amines) is 1. The molecule has 1 aromatic rings. The highest BCUT2D eigenvalue weighted by Gasteiger charge is 2.60. The number of nitrogens with one attached hydrogen (secondary N) is 2. The Balaban J connectivity index is 1.30. The van der Waals surface area contributed by atoms with Gasteiger partial charge in [-0.05, 0) is 5.92 Å². The molecular formula is C22H28N8O6S2. The molecule has 0 spiro atoms. The molecule has 1 saturated carbocycles. The number of carboxylic acids is 1. The number of anilines is 1. The quantitative estimate of drug-likeness (QED) is 0.130. The van der Waals surface area contributed by atoms with E-state index >= 15 is 0 Å². The number of carboxylic acid groups (broad SMARTS) is 1. The second-order valence-electron chi connectivity index (χ2n) is 10.1. The summed E-state index contributed by atoms with van der Waals surface area (Å²) in [7, 11) is 4.95. The van der Waals surface area contributed by atoms with Gasteiger partial charge in [-0.1, -0.05) is 5.16 Å². The van der Waals surface area contributed by atoms with E-state index in [1.54, 1.807) is 7.05 Å². The smallest absolute Gasteiger partial charge is 0.278 e. The Kier molecular flexibility index (Phi) is 6.81. The van der Waals surface area contributed by atoms with Gasteiger partial charge in [-0.25, -0.2) is 0 Å². The number of hydrogen-bond acceptors (Lipinski definition) is 12. The highest BCUT2D eigenvalue weighted by Crippen LogP contribution is 2.53. The highest BCUT2D eigenvalue weighted by atomic mass is 32.2. The van der Waals surface area contributed by atoms with Crippen molar-refractivity contribution in [1.82, 2.24) is 24.9 Å². The summed E-state index contributed by atoms with van der Waals surface area (Å²) in [6.45, 7) is 2.02. The predicted octanol–water partition coefficient (Wildman–Crippen LogP) is -2.67. The van der Waals surface area contributed by atoms with Gasteiger partial charge in [0.1, 0.15) is 25.1 Å². The van der Waals surface area contributed by atoms with E-state index in [-0.39, 0.29) is 40.1 Å². The van der Waals surface area contributed by atoms with Crippen LogP contribution in [0.3, 0.4) is 0 Å². The van der Waals surface area contributed by atoms with Gasteiger partial charge in [-0.15, -0.1) is 11.8 Å². The number of nitrogens with zero attached hydrogens (tertiary/aromatic N) is 5. The first kappa shape index (κ1) is 26.4. The van der Waals surface area contributed by atoms with Crippen LogP contribution >= 0.6 is 23.3 Å². The van der Waals surface area contributed by atoms with Gasteiger partial charge in [0.15, 0.2) is 5.13 Å². The molecule has 4 heterocycles. The number of aliphatic carboxylic acids is 1. The first-order valence-electron chi connectivity index (χ1n) is 12.0. The molecule has 1 aromatic heterocycles. The molecule has 3 aliphatic heterocycles. The number of hydrogen-bond donors (Lipinski definition) is 3. The minimum absolute atomic E-state index is 0.0171. The average molecular weight is 565 g/mol. The number of rotatable bonds is 8. The van der Waals surface area contributed by atoms with Crippen molar-refractivity contribution < 1.29 is 33.6 Å². The van der Waals surface area contributed by atoms with Gasteiger partial charge in [0.2, 0.25) is 17.4 Å². The first-order valence-corrected chi connectivity index (χ1v) is 13.9. The van der Waals surface area contributed by atoms with Gasteiger partial charge >= 0.3 is 0 Å². The second kappa shape index (κ2) is 9.81. The minimum Gasteiger partial charge on any atom is -0.543 e. The number of oxime groups is 1. The van der Waals surface area contributed by atoms with Crippen molar-refractivity contribution in [2.75, 3.05) is 52.3 Å². The highest BCUT2D eigenvalue weighted by molar-refractivity contribution is 8.00. The summed E-state index contributed by atoms with van der Waals surface area (Å²) in [5.41, 5.74) is 5.83. The molecule has 0 aromatic carbocycles. The molecule has 4 N–H and O–H groups in total. The van der Waals surface area contributed by atoms with Crippen LogP contribution < -0.4 is 21.5 Å². The molecule has 5 rings (SSSR count). The molecule has 16 heteroatoms. The van der Waals surface area contributed by atoms with E-state index in [9.17, 15) is 24.3 Å². The molecule has 2 saturated heterocycles. The van der Waals surface area contributed by atoms with Gasteiger partial charge < -0.3 is 35.6 Å². The number of piperidine rings is 1. The zero-order chi connectivity index (χ0) is 27.4. The van der Waals surface area contributed by atoms with Gasteiger partial charge in [-0.2, -0.15) is 9.36 Å². The Labute approximate surface area is 226 Å². The fraction of sp³-hybridized carbons (Fsp3) is 0.591. The standard InChI is InChI=1S/C22H28N8O6S2/c1-24-17(31)12-10-4-5-30(2,7-11(10)12)6-9-8-37-20-14(19(33)29(20)15(9)21(34)35)25-18(32)13(27-36-3)16-26-22(23)38-28-16/h10-12,14,20H,4-8H2,1-3H3,(H4-,23,24,25,26,28,31,32,34,35)/b27-13-/t10?,11?,12?,14-,20+,30?/m1/s1. The Bertz CT molecular complexity index is 1270. The fourth-order valence-electron chi connectivity index (χ4n) is 5.92. The van der Waals surface area contributed by atoms with Crippen LogP contribution in [0.5, 0.6) is 0 Å². The Hall–Kier alpha value is -3.24. The number of carbonyl (C=O) groups excluding carboxylic acids is 4. The predicted molar refractivity (Wildman–Crippen MR) is 135 cm³/mol. The summed E-state index contributed by atoms with van der Waals surface area (Å²) >= 11 is 2.25. The molecule has 38 heavy (non-hydrogen) atoms. The van der Waals surface area contributed by atoms with Crippen molar-refractivity contribution in [2.24, 2.45) is 22.9 Å². The monoisotopic (exact) mass is 564 g/mol. The van der Waals surface area contributed by atoms with E-state index in [0.29, 0.717) is 28.3 Å². The summed E-state index contributed by atoms with van der Waals surface area (Å²) in [5, 5.41) is 20.7. The van der Waals surface area contributed by atoms with Crippen LogP contribution in [0.1, 0.15) is 12.2 Å². The van der Waals surface area contributed by atoms with Crippen molar-refractivity contribution in [1.29, 1.82) is 0 Å². The molecule has 3 fully saturated rings. The lowest BCUT2D eigenvalue weighted by atomic mass is 10.0.